The predicted octanol–water partition coefficient (Wildman–Crippen LogP) is 1.30. The highest BCUT2D eigenvalue weighted by Gasteiger charge is 2.28. The summed E-state index contributed by atoms with van der Waals surface area (Å²) in [6.07, 6.45) is 3.40. The van der Waals surface area contributed by atoms with Gasteiger partial charge in [-0.3, -0.25) is 14.6 Å². The van der Waals surface area contributed by atoms with Crippen LogP contribution in [0.1, 0.15) is 28.9 Å². The van der Waals surface area contributed by atoms with Crippen molar-refractivity contribution in [2.75, 3.05) is 13.1 Å². The van der Waals surface area contributed by atoms with E-state index in [9.17, 15) is 9.59 Å². The molecule has 102 valence electrons. The Labute approximate surface area is 116 Å². The number of aryl methyl sites for hydroxylation is 1. The van der Waals surface area contributed by atoms with Crippen molar-refractivity contribution in [2.24, 2.45) is 5.92 Å². The first-order chi connectivity index (χ1) is 9.08. The summed E-state index contributed by atoms with van der Waals surface area (Å²) in [6.45, 7) is 2.61. The fraction of sp³-hybridized carbons (Fsp3) is 0.462. The third-order valence-electron chi connectivity index (χ3n) is 2.89. The molecule has 0 aromatic carbocycles. The second-order valence-electron chi connectivity index (χ2n) is 4.63. The van der Waals surface area contributed by atoms with E-state index < -0.39 is 0 Å². The monoisotopic (exact) mass is 281 g/mol. The van der Waals surface area contributed by atoms with Crippen LogP contribution in [0, 0.1) is 12.8 Å². The van der Waals surface area contributed by atoms with E-state index >= 15 is 0 Å². The molecule has 1 heterocycles. The molecule has 1 saturated carbocycles. The summed E-state index contributed by atoms with van der Waals surface area (Å²) < 4.78 is 0. The molecule has 2 amide bonds. The third-order valence-corrected chi connectivity index (χ3v) is 3.21. The van der Waals surface area contributed by atoms with Gasteiger partial charge in [0.05, 0.1) is 10.6 Å². The van der Waals surface area contributed by atoms with Gasteiger partial charge in [0.25, 0.3) is 5.91 Å². The summed E-state index contributed by atoms with van der Waals surface area (Å²) in [5, 5.41) is 5.85. The number of aromatic nitrogens is 1. The maximum Gasteiger partial charge on any atom is 0.254 e. The normalized spacial score (nSPS) is 14.0. The number of halogens is 1. The van der Waals surface area contributed by atoms with E-state index in [-0.39, 0.29) is 17.7 Å². The molecule has 2 N–H and O–H groups in total. The quantitative estimate of drug-likeness (QED) is 0.799. The molecule has 1 aromatic rings. The molecule has 0 saturated heterocycles. The number of nitrogens with zero attached hydrogens (tertiary/aromatic N) is 1. The second kappa shape index (κ2) is 6.02. The van der Waals surface area contributed by atoms with Crippen LogP contribution in [0.2, 0.25) is 5.02 Å². The minimum absolute atomic E-state index is 0.0734. The van der Waals surface area contributed by atoms with Crippen molar-refractivity contribution in [3.8, 4) is 0 Å². The molecule has 1 aromatic heterocycles. The molecule has 2 rings (SSSR count). The molecule has 0 atom stereocenters. The molecule has 6 heteroatoms. The van der Waals surface area contributed by atoms with E-state index in [1.807, 2.05) is 0 Å². The number of carbonyl (C=O) groups is 2. The fourth-order valence-corrected chi connectivity index (χ4v) is 1.93. The molecule has 0 aliphatic heterocycles. The Bertz CT molecular complexity index is 501. The van der Waals surface area contributed by atoms with Gasteiger partial charge in [0.1, 0.15) is 0 Å². The van der Waals surface area contributed by atoms with Gasteiger partial charge in [-0.05, 0) is 25.8 Å². The molecule has 19 heavy (non-hydrogen) atoms. The van der Waals surface area contributed by atoms with Crippen molar-refractivity contribution < 1.29 is 9.59 Å². The molecule has 1 aliphatic rings. The van der Waals surface area contributed by atoms with E-state index in [0.717, 1.165) is 18.5 Å². The molecule has 1 aliphatic carbocycles. The van der Waals surface area contributed by atoms with Crippen LogP contribution in [0.3, 0.4) is 0 Å². The number of rotatable bonds is 5. The average molecular weight is 282 g/mol. The summed E-state index contributed by atoms with van der Waals surface area (Å²) in [5.41, 5.74) is 1.11. The van der Waals surface area contributed by atoms with Crippen LogP contribution in [0.5, 0.6) is 0 Å². The van der Waals surface area contributed by atoms with Crippen LogP contribution in [-0.2, 0) is 4.79 Å². The lowest BCUT2D eigenvalue weighted by Crippen LogP contribution is -2.35. The number of hydrogen-bond acceptors (Lipinski definition) is 3. The van der Waals surface area contributed by atoms with Gasteiger partial charge in [-0.1, -0.05) is 11.6 Å². The van der Waals surface area contributed by atoms with Crippen LogP contribution in [0.25, 0.3) is 0 Å². The second-order valence-corrected chi connectivity index (χ2v) is 5.03. The lowest BCUT2D eigenvalue weighted by molar-refractivity contribution is -0.122. The highest BCUT2D eigenvalue weighted by Crippen LogP contribution is 2.28. The maximum atomic E-state index is 11.8. The Balaban J connectivity index is 1.75. The van der Waals surface area contributed by atoms with Gasteiger partial charge in [-0.25, -0.2) is 0 Å². The first-order valence-electron chi connectivity index (χ1n) is 6.26. The van der Waals surface area contributed by atoms with Crippen LogP contribution in [0.15, 0.2) is 12.3 Å². The standard InChI is InChI=1S/C13H16ClN3O2/c1-8-6-11(14)10(7-17-8)13(19)16-5-4-15-12(18)9-2-3-9/h6-7,9H,2-5H2,1H3,(H,15,18)(H,16,19). The maximum absolute atomic E-state index is 11.8. The Kier molecular flexibility index (Phi) is 4.37. The number of amides is 2. The van der Waals surface area contributed by atoms with Crippen LogP contribution in [-0.4, -0.2) is 29.9 Å². The van der Waals surface area contributed by atoms with E-state index in [1.165, 1.54) is 6.20 Å². The van der Waals surface area contributed by atoms with Crippen LogP contribution in [0.4, 0.5) is 0 Å². The summed E-state index contributed by atoms with van der Waals surface area (Å²) >= 11 is 5.97. The van der Waals surface area contributed by atoms with Gasteiger partial charge in [0.2, 0.25) is 5.91 Å². The molecule has 1 fully saturated rings. The molecule has 0 bridgehead atoms. The topological polar surface area (TPSA) is 71.1 Å². The molecule has 5 nitrogen and oxygen atoms in total. The minimum atomic E-state index is -0.279. The molecule has 0 radical (unpaired) electrons. The Morgan fingerprint density at radius 1 is 1.37 bits per heavy atom. The summed E-state index contributed by atoms with van der Waals surface area (Å²) in [5.74, 6) is -0.0195. The van der Waals surface area contributed by atoms with Crippen molar-refractivity contribution in [2.45, 2.75) is 19.8 Å². The largest absolute Gasteiger partial charge is 0.354 e. The Morgan fingerprint density at radius 2 is 2.05 bits per heavy atom. The summed E-state index contributed by atoms with van der Waals surface area (Å²) in [4.78, 5) is 27.2. The first-order valence-corrected chi connectivity index (χ1v) is 6.64. The van der Waals surface area contributed by atoms with Crippen LogP contribution < -0.4 is 10.6 Å². The van der Waals surface area contributed by atoms with Gasteiger partial charge in [0.15, 0.2) is 0 Å². The molecule has 0 spiro atoms. The fourth-order valence-electron chi connectivity index (χ4n) is 1.64. The minimum Gasteiger partial charge on any atom is -0.354 e. The zero-order chi connectivity index (χ0) is 13.8. The lowest BCUT2D eigenvalue weighted by atomic mass is 10.2. The smallest absolute Gasteiger partial charge is 0.254 e. The van der Waals surface area contributed by atoms with E-state index in [2.05, 4.69) is 15.6 Å². The molecule has 0 unspecified atom stereocenters. The number of carbonyl (C=O) groups excluding carboxylic acids is 2. The molecular formula is C13H16ClN3O2. The predicted molar refractivity (Wildman–Crippen MR) is 72.1 cm³/mol. The highest BCUT2D eigenvalue weighted by molar-refractivity contribution is 6.33. The van der Waals surface area contributed by atoms with Crippen molar-refractivity contribution >= 4 is 23.4 Å². The average Bonchev–Trinajstić information content (AvgIpc) is 3.18. The summed E-state index contributed by atoms with van der Waals surface area (Å²) in [6, 6.07) is 1.64. The number of nitrogens with one attached hydrogen (secondary N) is 2. The van der Waals surface area contributed by atoms with E-state index in [4.69, 9.17) is 11.6 Å². The van der Waals surface area contributed by atoms with Crippen molar-refractivity contribution in [1.82, 2.24) is 15.6 Å². The third kappa shape index (κ3) is 3.92. The van der Waals surface area contributed by atoms with Gasteiger partial charge < -0.3 is 10.6 Å². The number of pyridine rings is 1. The van der Waals surface area contributed by atoms with Gasteiger partial charge in [0, 0.05) is 30.9 Å². The molecular weight excluding hydrogens is 266 g/mol. The lowest BCUT2D eigenvalue weighted by Gasteiger charge is -2.08. The zero-order valence-electron chi connectivity index (χ0n) is 10.7. The Morgan fingerprint density at radius 3 is 2.68 bits per heavy atom. The van der Waals surface area contributed by atoms with Crippen molar-refractivity contribution in [3.63, 3.8) is 0 Å². The summed E-state index contributed by atoms with van der Waals surface area (Å²) in [7, 11) is 0. The Hall–Kier alpha value is -1.62. The van der Waals surface area contributed by atoms with E-state index in [0.29, 0.717) is 23.7 Å². The van der Waals surface area contributed by atoms with E-state index in [1.54, 1.807) is 13.0 Å². The van der Waals surface area contributed by atoms with Gasteiger partial charge in [-0.2, -0.15) is 0 Å². The van der Waals surface area contributed by atoms with Crippen molar-refractivity contribution in [1.29, 1.82) is 0 Å². The SMILES string of the molecule is Cc1cc(Cl)c(C(=O)NCCNC(=O)C2CC2)cn1. The van der Waals surface area contributed by atoms with Gasteiger partial charge in [-0.15, -0.1) is 0 Å². The first kappa shape index (κ1) is 13.8. The van der Waals surface area contributed by atoms with Crippen LogP contribution >= 0.6 is 11.6 Å². The van der Waals surface area contributed by atoms with Gasteiger partial charge >= 0.3 is 0 Å². The highest BCUT2D eigenvalue weighted by atomic mass is 35.5. The number of hydrogen-bond donors (Lipinski definition) is 2. The zero-order valence-corrected chi connectivity index (χ0v) is 11.5. The van der Waals surface area contributed by atoms with Crippen molar-refractivity contribution in [3.05, 3.63) is 28.5 Å².